The summed E-state index contributed by atoms with van der Waals surface area (Å²) in [6.07, 6.45) is 0. The first-order valence-corrected chi connectivity index (χ1v) is 5.19. The van der Waals surface area contributed by atoms with Gasteiger partial charge in [0.05, 0.1) is 0 Å². The van der Waals surface area contributed by atoms with Crippen LogP contribution in [-0.4, -0.2) is 41.3 Å². The highest BCUT2D eigenvalue weighted by Crippen LogP contribution is 2.13. The van der Waals surface area contributed by atoms with E-state index < -0.39 is 0 Å². The van der Waals surface area contributed by atoms with Crippen molar-refractivity contribution in [1.29, 1.82) is 0 Å². The van der Waals surface area contributed by atoms with Crippen molar-refractivity contribution in [3.8, 4) is 0 Å². The Balaban J connectivity index is 2.64. The van der Waals surface area contributed by atoms with Gasteiger partial charge in [-0.25, -0.2) is 0 Å². The first kappa shape index (κ1) is 12.2. The first-order valence-electron chi connectivity index (χ1n) is 4.81. The standard InChI is InChI=1S/C10H17ClN4/c1-10(2,7-15(3)4)12-9-6-5-8(11)13-14-9/h5-6H,7H2,1-4H3,(H,12,14). The van der Waals surface area contributed by atoms with Crippen molar-refractivity contribution in [2.75, 3.05) is 26.0 Å². The summed E-state index contributed by atoms with van der Waals surface area (Å²) in [4.78, 5) is 2.12. The van der Waals surface area contributed by atoms with Crippen molar-refractivity contribution >= 4 is 17.4 Å². The molecular weight excluding hydrogens is 212 g/mol. The second-order valence-corrected chi connectivity index (χ2v) is 4.88. The fourth-order valence-corrected chi connectivity index (χ4v) is 1.66. The summed E-state index contributed by atoms with van der Waals surface area (Å²) >= 11 is 5.66. The lowest BCUT2D eigenvalue weighted by molar-refractivity contribution is 0.333. The van der Waals surface area contributed by atoms with Gasteiger partial charge in [0.25, 0.3) is 0 Å². The molecule has 0 saturated heterocycles. The molecule has 0 aliphatic heterocycles. The zero-order chi connectivity index (χ0) is 11.5. The Morgan fingerprint density at radius 2 is 2.00 bits per heavy atom. The van der Waals surface area contributed by atoms with Gasteiger partial charge in [-0.1, -0.05) is 11.6 Å². The van der Waals surface area contributed by atoms with Crippen LogP contribution in [0.15, 0.2) is 12.1 Å². The smallest absolute Gasteiger partial charge is 0.151 e. The summed E-state index contributed by atoms with van der Waals surface area (Å²) in [6, 6.07) is 3.55. The third-order valence-corrected chi connectivity index (χ3v) is 2.01. The van der Waals surface area contributed by atoms with Gasteiger partial charge in [-0.2, -0.15) is 0 Å². The average Bonchev–Trinajstić information content (AvgIpc) is 2.06. The fraction of sp³-hybridized carbons (Fsp3) is 0.600. The van der Waals surface area contributed by atoms with Crippen LogP contribution in [0.4, 0.5) is 5.82 Å². The third-order valence-electron chi connectivity index (χ3n) is 1.81. The summed E-state index contributed by atoms with van der Waals surface area (Å²) in [5, 5.41) is 11.5. The molecule has 0 aromatic carbocycles. The molecule has 0 aliphatic rings. The molecule has 0 amide bonds. The Labute approximate surface area is 95.6 Å². The number of anilines is 1. The van der Waals surface area contributed by atoms with E-state index in [1.54, 1.807) is 6.07 Å². The number of aromatic nitrogens is 2. The minimum atomic E-state index is -0.0496. The minimum Gasteiger partial charge on any atom is -0.362 e. The van der Waals surface area contributed by atoms with E-state index in [1.165, 1.54) is 0 Å². The molecule has 4 nitrogen and oxygen atoms in total. The van der Waals surface area contributed by atoms with E-state index in [0.29, 0.717) is 5.15 Å². The summed E-state index contributed by atoms with van der Waals surface area (Å²) in [7, 11) is 4.08. The molecule has 0 saturated carbocycles. The van der Waals surface area contributed by atoms with Gasteiger partial charge in [0, 0.05) is 12.1 Å². The fourth-order valence-electron chi connectivity index (χ4n) is 1.56. The molecule has 15 heavy (non-hydrogen) atoms. The van der Waals surface area contributed by atoms with Crippen molar-refractivity contribution in [1.82, 2.24) is 15.1 Å². The normalized spacial score (nSPS) is 11.9. The third kappa shape index (κ3) is 4.44. The maximum Gasteiger partial charge on any atom is 0.151 e. The Kier molecular flexibility index (Phi) is 3.88. The second kappa shape index (κ2) is 4.77. The van der Waals surface area contributed by atoms with Gasteiger partial charge in [0.1, 0.15) is 5.82 Å². The number of nitrogens with zero attached hydrogens (tertiary/aromatic N) is 3. The molecule has 1 aromatic rings. The van der Waals surface area contributed by atoms with Gasteiger partial charge in [0.2, 0.25) is 0 Å². The Hall–Kier alpha value is -0.870. The van der Waals surface area contributed by atoms with E-state index in [9.17, 15) is 0 Å². The van der Waals surface area contributed by atoms with Crippen LogP contribution >= 0.6 is 11.6 Å². The van der Waals surface area contributed by atoms with Gasteiger partial charge in [0.15, 0.2) is 5.15 Å². The van der Waals surface area contributed by atoms with Crippen molar-refractivity contribution in [3.05, 3.63) is 17.3 Å². The zero-order valence-electron chi connectivity index (χ0n) is 9.58. The molecule has 0 unspecified atom stereocenters. The molecular formula is C10H17ClN4. The number of rotatable bonds is 4. The summed E-state index contributed by atoms with van der Waals surface area (Å²) in [5.74, 6) is 0.742. The molecule has 1 N–H and O–H groups in total. The van der Waals surface area contributed by atoms with E-state index in [0.717, 1.165) is 12.4 Å². The van der Waals surface area contributed by atoms with Crippen LogP contribution in [0.3, 0.4) is 0 Å². The highest BCUT2D eigenvalue weighted by atomic mass is 35.5. The van der Waals surface area contributed by atoms with Crippen molar-refractivity contribution in [3.63, 3.8) is 0 Å². The van der Waals surface area contributed by atoms with Crippen molar-refractivity contribution < 1.29 is 0 Å². The van der Waals surface area contributed by atoms with Gasteiger partial charge in [-0.3, -0.25) is 0 Å². The number of likely N-dealkylation sites (N-methyl/N-ethyl adjacent to an activating group) is 1. The highest BCUT2D eigenvalue weighted by molar-refractivity contribution is 6.29. The van der Waals surface area contributed by atoms with Crippen molar-refractivity contribution in [2.45, 2.75) is 19.4 Å². The SMILES string of the molecule is CN(C)CC(C)(C)Nc1ccc(Cl)nn1. The summed E-state index contributed by atoms with van der Waals surface area (Å²) < 4.78 is 0. The molecule has 0 radical (unpaired) electrons. The number of halogens is 1. The maximum absolute atomic E-state index is 5.66. The van der Waals surface area contributed by atoms with E-state index in [1.807, 2.05) is 20.2 Å². The quantitative estimate of drug-likeness (QED) is 0.855. The van der Waals surface area contributed by atoms with Gasteiger partial charge in [-0.15, -0.1) is 10.2 Å². The lowest BCUT2D eigenvalue weighted by atomic mass is 10.1. The van der Waals surface area contributed by atoms with Gasteiger partial charge in [-0.05, 0) is 40.1 Å². The topological polar surface area (TPSA) is 41.0 Å². The Morgan fingerprint density at radius 1 is 1.33 bits per heavy atom. The predicted octanol–water partition coefficient (Wildman–Crippen LogP) is 1.88. The maximum atomic E-state index is 5.66. The van der Waals surface area contributed by atoms with E-state index in [-0.39, 0.29) is 5.54 Å². The molecule has 0 fully saturated rings. The van der Waals surface area contributed by atoms with E-state index in [2.05, 4.69) is 34.3 Å². The van der Waals surface area contributed by atoms with Crippen LogP contribution in [0.5, 0.6) is 0 Å². The average molecular weight is 229 g/mol. The highest BCUT2D eigenvalue weighted by Gasteiger charge is 2.18. The van der Waals surface area contributed by atoms with Crippen LogP contribution in [0.1, 0.15) is 13.8 Å². The molecule has 5 heteroatoms. The summed E-state index contributed by atoms with van der Waals surface area (Å²) in [5.41, 5.74) is -0.0496. The van der Waals surface area contributed by atoms with Crippen LogP contribution in [0.25, 0.3) is 0 Å². The molecule has 1 rings (SSSR count). The molecule has 84 valence electrons. The van der Waals surface area contributed by atoms with Crippen LogP contribution < -0.4 is 5.32 Å². The summed E-state index contributed by atoms with van der Waals surface area (Å²) in [6.45, 7) is 5.14. The Morgan fingerprint density at radius 3 is 2.47 bits per heavy atom. The lowest BCUT2D eigenvalue weighted by Crippen LogP contribution is -2.41. The molecule has 0 bridgehead atoms. The lowest BCUT2D eigenvalue weighted by Gasteiger charge is -2.29. The van der Waals surface area contributed by atoms with Crippen LogP contribution in [0.2, 0.25) is 5.15 Å². The number of nitrogens with one attached hydrogen (secondary N) is 1. The van der Waals surface area contributed by atoms with Crippen LogP contribution in [-0.2, 0) is 0 Å². The first-order chi connectivity index (χ1) is 6.89. The zero-order valence-corrected chi connectivity index (χ0v) is 10.3. The Bertz CT molecular complexity index is 308. The van der Waals surface area contributed by atoms with E-state index >= 15 is 0 Å². The molecule has 0 atom stereocenters. The number of hydrogen-bond acceptors (Lipinski definition) is 4. The minimum absolute atomic E-state index is 0.0496. The molecule has 0 aliphatic carbocycles. The largest absolute Gasteiger partial charge is 0.362 e. The second-order valence-electron chi connectivity index (χ2n) is 4.49. The molecule has 1 heterocycles. The molecule has 1 aromatic heterocycles. The van der Waals surface area contributed by atoms with Gasteiger partial charge >= 0.3 is 0 Å². The van der Waals surface area contributed by atoms with Crippen molar-refractivity contribution in [2.24, 2.45) is 0 Å². The van der Waals surface area contributed by atoms with E-state index in [4.69, 9.17) is 11.6 Å². The number of hydrogen-bond donors (Lipinski definition) is 1. The monoisotopic (exact) mass is 228 g/mol. The van der Waals surface area contributed by atoms with Gasteiger partial charge < -0.3 is 10.2 Å². The predicted molar refractivity (Wildman–Crippen MR) is 63.3 cm³/mol. The molecule has 0 spiro atoms. The van der Waals surface area contributed by atoms with Crippen LogP contribution in [0, 0.1) is 0 Å².